The maximum atomic E-state index is 12.1. The zero-order chi connectivity index (χ0) is 15.8. The Bertz CT molecular complexity index is 490. The van der Waals surface area contributed by atoms with Crippen molar-refractivity contribution in [1.29, 1.82) is 5.26 Å². The highest BCUT2D eigenvalue weighted by Crippen LogP contribution is 2.09. The molecule has 0 saturated heterocycles. The lowest BCUT2D eigenvalue weighted by molar-refractivity contribution is -0.117. The highest BCUT2D eigenvalue weighted by molar-refractivity contribution is 5.92. The molecule has 0 radical (unpaired) electrons. The number of carbonyl (C=O) groups excluding carboxylic acids is 1. The fourth-order valence-corrected chi connectivity index (χ4v) is 2.24. The number of carbonyl (C=O) groups is 1. The normalized spacial score (nSPS) is 12.2. The highest BCUT2D eigenvalue weighted by Gasteiger charge is 2.16. The highest BCUT2D eigenvalue weighted by atomic mass is 16.2. The van der Waals surface area contributed by atoms with Crippen LogP contribution in [-0.2, 0) is 4.79 Å². The van der Waals surface area contributed by atoms with Gasteiger partial charge in [0.05, 0.1) is 18.2 Å². The van der Waals surface area contributed by atoms with Crippen molar-refractivity contribution in [2.24, 2.45) is 0 Å². The number of nitriles is 1. The molecular formula is C16H24N4O. The number of hydrogen-bond donors (Lipinski definition) is 1. The van der Waals surface area contributed by atoms with Gasteiger partial charge in [-0.15, -0.1) is 0 Å². The van der Waals surface area contributed by atoms with Crippen molar-refractivity contribution in [1.82, 2.24) is 9.80 Å². The van der Waals surface area contributed by atoms with Gasteiger partial charge >= 0.3 is 0 Å². The molecular weight excluding hydrogens is 264 g/mol. The number of likely N-dealkylation sites (N-methyl/N-ethyl adjacent to an activating group) is 2. The summed E-state index contributed by atoms with van der Waals surface area (Å²) in [6, 6.07) is 9.26. The van der Waals surface area contributed by atoms with E-state index in [4.69, 9.17) is 5.26 Å². The van der Waals surface area contributed by atoms with Gasteiger partial charge in [-0.3, -0.25) is 9.69 Å². The van der Waals surface area contributed by atoms with E-state index in [1.165, 1.54) is 0 Å². The molecule has 1 aromatic rings. The van der Waals surface area contributed by atoms with E-state index >= 15 is 0 Å². The first kappa shape index (κ1) is 17.2. The average molecular weight is 288 g/mol. The number of amides is 1. The van der Waals surface area contributed by atoms with Gasteiger partial charge in [-0.05, 0) is 51.8 Å². The molecule has 0 fully saturated rings. The lowest BCUT2D eigenvalue weighted by atomic mass is 10.2. The third kappa shape index (κ3) is 5.94. The van der Waals surface area contributed by atoms with E-state index in [1.54, 1.807) is 24.3 Å². The van der Waals surface area contributed by atoms with Crippen LogP contribution in [0.5, 0.6) is 0 Å². The molecule has 1 unspecified atom stereocenters. The molecule has 114 valence electrons. The van der Waals surface area contributed by atoms with Crippen LogP contribution in [0.25, 0.3) is 0 Å². The van der Waals surface area contributed by atoms with Crippen molar-refractivity contribution in [2.75, 3.05) is 39.0 Å². The zero-order valence-electron chi connectivity index (χ0n) is 13.3. The Morgan fingerprint density at radius 2 is 1.95 bits per heavy atom. The molecule has 5 heteroatoms. The molecule has 0 saturated carbocycles. The van der Waals surface area contributed by atoms with Crippen LogP contribution in [0.1, 0.15) is 19.4 Å². The van der Waals surface area contributed by atoms with Gasteiger partial charge in [0.2, 0.25) is 5.91 Å². The van der Waals surface area contributed by atoms with Gasteiger partial charge in [0.25, 0.3) is 0 Å². The maximum absolute atomic E-state index is 12.1. The average Bonchev–Trinajstić information content (AvgIpc) is 2.44. The number of rotatable bonds is 7. The smallest absolute Gasteiger partial charge is 0.238 e. The number of nitrogens with zero attached hydrogens (tertiary/aromatic N) is 3. The van der Waals surface area contributed by atoms with E-state index in [1.807, 2.05) is 14.1 Å². The van der Waals surface area contributed by atoms with Gasteiger partial charge in [0, 0.05) is 18.3 Å². The number of benzene rings is 1. The predicted molar refractivity (Wildman–Crippen MR) is 85.0 cm³/mol. The van der Waals surface area contributed by atoms with Gasteiger partial charge < -0.3 is 10.2 Å². The SMILES string of the molecule is CCN(CC(=O)Nc1ccc(C#N)cc1)C(C)CN(C)C. The third-order valence-corrected chi connectivity index (χ3v) is 3.30. The van der Waals surface area contributed by atoms with Crippen molar-refractivity contribution in [3.8, 4) is 6.07 Å². The molecule has 1 amide bonds. The third-order valence-electron chi connectivity index (χ3n) is 3.30. The summed E-state index contributed by atoms with van der Waals surface area (Å²) in [5.74, 6) is -0.0350. The van der Waals surface area contributed by atoms with E-state index in [0.717, 1.165) is 18.8 Å². The van der Waals surface area contributed by atoms with E-state index < -0.39 is 0 Å². The summed E-state index contributed by atoms with van der Waals surface area (Å²) < 4.78 is 0. The van der Waals surface area contributed by atoms with Crippen molar-refractivity contribution >= 4 is 11.6 Å². The van der Waals surface area contributed by atoms with Gasteiger partial charge in [-0.2, -0.15) is 5.26 Å². The number of anilines is 1. The Balaban J connectivity index is 2.56. The molecule has 0 aromatic heterocycles. The molecule has 1 rings (SSSR count). The summed E-state index contributed by atoms with van der Waals surface area (Å²) in [6.07, 6.45) is 0. The first-order valence-electron chi connectivity index (χ1n) is 7.15. The van der Waals surface area contributed by atoms with Gasteiger partial charge in [0.1, 0.15) is 0 Å². The van der Waals surface area contributed by atoms with E-state index in [9.17, 15) is 4.79 Å². The van der Waals surface area contributed by atoms with Crippen molar-refractivity contribution < 1.29 is 4.79 Å². The number of hydrogen-bond acceptors (Lipinski definition) is 4. The predicted octanol–water partition coefficient (Wildman–Crippen LogP) is 1.77. The minimum absolute atomic E-state index is 0.0350. The molecule has 21 heavy (non-hydrogen) atoms. The second kappa shape index (κ2) is 8.40. The second-order valence-electron chi connectivity index (χ2n) is 5.41. The van der Waals surface area contributed by atoms with Crippen LogP contribution in [-0.4, -0.2) is 55.5 Å². The molecule has 1 atom stereocenters. The van der Waals surface area contributed by atoms with E-state index in [2.05, 4.69) is 35.0 Å². The van der Waals surface area contributed by atoms with Crippen molar-refractivity contribution in [3.05, 3.63) is 29.8 Å². The van der Waals surface area contributed by atoms with Gasteiger partial charge in [-0.25, -0.2) is 0 Å². The summed E-state index contributed by atoms with van der Waals surface area (Å²) in [7, 11) is 4.06. The molecule has 0 spiro atoms. The Hall–Kier alpha value is -1.90. The standard InChI is InChI=1S/C16H24N4O/c1-5-20(13(2)11-19(3)4)12-16(21)18-15-8-6-14(10-17)7-9-15/h6-9,13H,5,11-12H2,1-4H3,(H,18,21). The van der Waals surface area contributed by atoms with Gasteiger partial charge in [0.15, 0.2) is 0 Å². The van der Waals surface area contributed by atoms with E-state index in [0.29, 0.717) is 18.2 Å². The topological polar surface area (TPSA) is 59.4 Å². The number of nitrogens with one attached hydrogen (secondary N) is 1. The maximum Gasteiger partial charge on any atom is 0.238 e. The minimum atomic E-state index is -0.0350. The van der Waals surface area contributed by atoms with Crippen LogP contribution in [0.3, 0.4) is 0 Å². The molecule has 0 aliphatic carbocycles. The molecule has 0 heterocycles. The Kier molecular flexibility index (Phi) is 6.86. The zero-order valence-corrected chi connectivity index (χ0v) is 13.3. The molecule has 1 N–H and O–H groups in total. The second-order valence-corrected chi connectivity index (χ2v) is 5.41. The quantitative estimate of drug-likeness (QED) is 0.830. The first-order valence-corrected chi connectivity index (χ1v) is 7.15. The lowest BCUT2D eigenvalue weighted by Crippen LogP contribution is -2.43. The van der Waals surface area contributed by atoms with Crippen LogP contribution >= 0.6 is 0 Å². The lowest BCUT2D eigenvalue weighted by Gasteiger charge is -2.29. The first-order chi connectivity index (χ1) is 9.96. The Labute approximate surface area is 127 Å². The molecule has 5 nitrogen and oxygen atoms in total. The Morgan fingerprint density at radius 3 is 2.43 bits per heavy atom. The molecule has 0 bridgehead atoms. The van der Waals surface area contributed by atoms with E-state index in [-0.39, 0.29) is 5.91 Å². The summed E-state index contributed by atoms with van der Waals surface area (Å²) in [6.45, 7) is 6.29. The monoisotopic (exact) mass is 288 g/mol. The largest absolute Gasteiger partial charge is 0.325 e. The molecule has 0 aliphatic rings. The van der Waals surface area contributed by atoms with Crippen LogP contribution in [0.15, 0.2) is 24.3 Å². The minimum Gasteiger partial charge on any atom is -0.325 e. The Morgan fingerprint density at radius 1 is 1.33 bits per heavy atom. The van der Waals surface area contributed by atoms with Crippen LogP contribution < -0.4 is 5.32 Å². The molecule has 0 aliphatic heterocycles. The van der Waals surface area contributed by atoms with Crippen LogP contribution in [0, 0.1) is 11.3 Å². The van der Waals surface area contributed by atoms with Crippen molar-refractivity contribution in [2.45, 2.75) is 19.9 Å². The summed E-state index contributed by atoms with van der Waals surface area (Å²) in [5, 5.41) is 11.6. The van der Waals surface area contributed by atoms with Crippen LogP contribution in [0.2, 0.25) is 0 Å². The van der Waals surface area contributed by atoms with Crippen molar-refractivity contribution in [3.63, 3.8) is 0 Å². The van der Waals surface area contributed by atoms with Gasteiger partial charge in [-0.1, -0.05) is 6.92 Å². The fourth-order valence-electron chi connectivity index (χ4n) is 2.24. The molecule has 1 aromatic carbocycles. The summed E-state index contributed by atoms with van der Waals surface area (Å²) in [4.78, 5) is 16.3. The van der Waals surface area contributed by atoms with Crippen LogP contribution in [0.4, 0.5) is 5.69 Å². The summed E-state index contributed by atoms with van der Waals surface area (Å²) >= 11 is 0. The fraction of sp³-hybridized carbons (Fsp3) is 0.500. The summed E-state index contributed by atoms with van der Waals surface area (Å²) in [5.41, 5.74) is 1.30.